The largest absolute Gasteiger partial charge is 0.317 e. The zero-order valence-corrected chi connectivity index (χ0v) is 16.6. The van der Waals surface area contributed by atoms with Crippen LogP contribution in [0.3, 0.4) is 0 Å². The summed E-state index contributed by atoms with van der Waals surface area (Å²) < 4.78 is 4.13. The molecule has 148 valence electrons. The highest BCUT2D eigenvalue weighted by atomic mass is 15.2. The lowest BCUT2D eigenvalue weighted by molar-refractivity contribution is 0.339. The highest BCUT2D eigenvalue weighted by Gasteiger charge is 2.20. The van der Waals surface area contributed by atoms with Gasteiger partial charge in [-0.15, -0.1) is 0 Å². The second-order valence-corrected chi connectivity index (χ2v) is 7.69. The molecular weight excluding hydrogens is 362 g/mol. The number of hydrogen-bond donors (Lipinski definition) is 1. The van der Waals surface area contributed by atoms with Crippen LogP contribution in [0.5, 0.6) is 0 Å². The molecule has 0 radical (unpaired) electrons. The van der Waals surface area contributed by atoms with Gasteiger partial charge in [-0.2, -0.15) is 4.98 Å². The van der Waals surface area contributed by atoms with Crippen LogP contribution in [0.2, 0.25) is 0 Å². The summed E-state index contributed by atoms with van der Waals surface area (Å²) in [6.07, 6.45) is 8.95. The lowest BCUT2D eigenvalue weighted by Crippen LogP contribution is -2.28. The van der Waals surface area contributed by atoms with Crippen molar-refractivity contribution in [3.63, 3.8) is 0 Å². The van der Waals surface area contributed by atoms with Gasteiger partial charge in [0.1, 0.15) is 17.7 Å². The van der Waals surface area contributed by atoms with Crippen LogP contribution >= 0.6 is 0 Å². The van der Waals surface area contributed by atoms with Crippen LogP contribution < -0.4 is 5.32 Å². The van der Waals surface area contributed by atoms with Gasteiger partial charge in [0.2, 0.25) is 5.95 Å². The first-order chi connectivity index (χ1) is 14.3. The van der Waals surface area contributed by atoms with Crippen LogP contribution in [0.25, 0.3) is 28.5 Å². The number of imidazole rings is 2. The lowest BCUT2D eigenvalue weighted by Gasteiger charge is -2.23. The second-order valence-electron chi connectivity index (χ2n) is 7.69. The molecule has 5 rings (SSSR count). The highest BCUT2D eigenvalue weighted by Crippen LogP contribution is 2.27. The molecule has 7 heteroatoms. The Kier molecular flexibility index (Phi) is 4.81. The first-order valence-corrected chi connectivity index (χ1v) is 10.3. The van der Waals surface area contributed by atoms with Crippen molar-refractivity contribution in [3.8, 4) is 17.3 Å². The van der Waals surface area contributed by atoms with Crippen LogP contribution in [0, 0.1) is 12.8 Å². The third kappa shape index (κ3) is 3.53. The maximum Gasteiger partial charge on any atom is 0.237 e. The lowest BCUT2D eigenvalue weighted by atomic mass is 9.95. The molecule has 1 aromatic carbocycles. The van der Waals surface area contributed by atoms with Gasteiger partial charge in [-0.25, -0.2) is 15.0 Å². The van der Waals surface area contributed by atoms with E-state index >= 15 is 0 Å². The van der Waals surface area contributed by atoms with Gasteiger partial charge in [0, 0.05) is 24.5 Å². The normalized spacial score (nSPS) is 15.2. The predicted molar refractivity (Wildman–Crippen MR) is 113 cm³/mol. The van der Waals surface area contributed by atoms with Crippen LogP contribution in [0.4, 0.5) is 0 Å². The van der Waals surface area contributed by atoms with E-state index in [4.69, 9.17) is 9.97 Å². The molecule has 1 N–H and O–H groups in total. The second kappa shape index (κ2) is 7.75. The molecule has 4 aromatic rings. The van der Waals surface area contributed by atoms with E-state index in [0.29, 0.717) is 5.95 Å². The van der Waals surface area contributed by atoms with Gasteiger partial charge in [-0.3, -0.25) is 4.57 Å². The molecule has 0 aliphatic carbocycles. The number of rotatable bonds is 5. The number of fused-ring (bicyclic) bond motifs is 1. The molecular formula is C22H25N7. The van der Waals surface area contributed by atoms with Gasteiger partial charge < -0.3 is 9.88 Å². The summed E-state index contributed by atoms with van der Waals surface area (Å²) in [5.41, 5.74) is 3.77. The monoisotopic (exact) mass is 387 g/mol. The van der Waals surface area contributed by atoms with Crippen LogP contribution in [0.1, 0.15) is 25.0 Å². The zero-order valence-electron chi connectivity index (χ0n) is 16.6. The maximum atomic E-state index is 4.97. The molecule has 4 heterocycles. The van der Waals surface area contributed by atoms with E-state index < -0.39 is 0 Å². The summed E-state index contributed by atoms with van der Waals surface area (Å²) >= 11 is 0. The molecule has 0 spiro atoms. The molecule has 1 aliphatic heterocycles. The average Bonchev–Trinajstić information content (AvgIpc) is 3.42. The maximum absolute atomic E-state index is 4.97. The van der Waals surface area contributed by atoms with Crippen molar-refractivity contribution < 1.29 is 0 Å². The standard InChI is InChI=1S/C22H25N7/c1-16-19-21(27-22(25-16)28-14-12-24-15-28)29(13-9-17-7-10-23-11-8-17)20(26-19)18-5-3-2-4-6-18/h2-6,12,14-15,17,23H,7-11,13H2,1H3. The summed E-state index contributed by atoms with van der Waals surface area (Å²) in [6.45, 7) is 5.15. The minimum atomic E-state index is 0.634. The van der Waals surface area contributed by atoms with Crippen LogP contribution in [-0.2, 0) is 6.54 Å². The van der Waals surface area contributed by atoms with E-state index in [1.54, 1.807) is 12.5 Å². The van der Waals surface area contributed by atoms with Crippen molar-refractivity contribution in [2.45, 2.75) is 32.7 Å². The molecule has 3 aromatic heterocycles. The number of aromatic nitrogens is 6. The van der Waals surface area contributed by atoms with Gasteiger partial charge in [-0.1, -0.05) is 30.3 Å². The fraction of sp³-hybridized carbons (Fsp3) is 0.364. The van der Waals surface area contributed by atoms with Gasteiger partial charge >= 0.3 is 0 Å². The van der Waals surface area contributed by atoms with Crippen molar-refractivity contribution >= 4 is 11.2 Å². The minimum Gasteiger partial charge on any atom is -0.317 e. The average molecular weight is 387 g/mol. The summed E-state index contributed by atoms with van der Waals surface area (Å²) in [5, 5.41) is 3.46. The van der Waals surface area contributed by atoms with Gasteiger partial charge in [0.05, 0.1) is 5.69 Å². The summed E-state index contributed by atoms with van der Waals surface area (Å²) in [5.74, 6) is 2.35. The number of aryl methyl sites for hydroxylation is 2. The molecule has 1 saturated heterocycles. The van der Waals surface area contributed by atoms with Crippen molar-refractivity contribution in [2.75, 3.05) is 13.1 Å². The summed E-state index contributed by atoms with van der Waals surface area (Å²) in [4.78, 5) is 18.7. The van der Waals surface area contributed by atoms with Crippen LogP contribution in [-0.4, -0.2) is 42.2 Å². The van der Waals surface area contributed by atoms with E-state index in [0.717, 1.165) is 60.2 Å². The van der Waals surface area contributed by atoms with Crippen molar-refractivity contribution in [2.24, 2.45) is 5.92 Å². The molecule has 0 unspecified atom stereocenters. The Balaban J connectivity index is 1.61. The molecule has 0 amide bonds. The first-order valence-electron chi connectivity index (χ1n) is 10.3. The SMILES string of the molecule is Cc1nc(-n2ccnc2)nc2c1nc(-c1ccccc1)n2CCC1CCNCC1. The van der Waals surface area contributed by atoms with E-state index in [-0.39, 0.29) is 0 Å². The van der Waals surface area contributed by atoms with Crippen molar-refractivity contribution in [3.05, 3.63) is 54.7 Å². The summed E-state index contributed by atoms with van der Waals surface area (Å²) in [6, 6.07) is 10.4. The Hall–Kier alpha value is -3.06. The molecule has 7 nitrogen and oxygen atoms in total. The number of nitrogens with one attached hydrogen (secondary N) is 1. The highest BCUT2D eigenvalue weighted by molar-refractivity contribution is 5.79. The molecule has 1 fully saturated rings. The van der Waals surface area contributed by atoms with Crippen LogP contribution in [0.15, 0.2) is 49.1 Å². The number of piperidine rings is 1. The molecule has 1 aliphatic rings. The fourth-order valence-corrected chi connectivity index (χ4v) is 4.12. The minimum absolute atomic E-state index is 0.634. The van der Waals surface area contributed by atoms with E-state index in [1.165, 1.54) is 12.8 Å². The van der Waals surface area contributed by atoms with Crippen molar-refractivity contribution in [1.29, 1.82) is 0 Å². The third-order valence-corrected chi connectivity index (χ3v) is 5.74. The summed E-state index contributed by atoms with van der Waals surface area (Å²) in [7, 11) is 0. The third-order valence-electron chi connectivity index (χ3n) is 5.74. The Labute approximate surface area is 169 Å². The molecule has 0 bridgehead atoms. The number of hydrogen-bond acceptors (Lipinski definition) is 5. The zero-order chi connectivity index (χ0) is 19.6. The number of benzene rings is 1. The molecule has 0 saturated carbocycles. The van der Waals surface area contributed by atoms with Crippen molar-refractivity contribution in [1.82, 2.24) is 34.4 Å². The van der Waals surface area contributed by atoms with E-state index in [9.17, 15) is 0 Å². The Bertz CT molecular complexity index is 1090. The quantitative estimate of drug-likeness (QED) is 0.568. The van der Waals surface area contributed by atoms with Gasteiger partial charge in [0.25, 0.3) is 0 Å². The first kappa shape index (κ1) is 18.0. The fourth-order valence-electron chi connectivity index (χ4n) is 4.12. The Morgan fingerprint density at radius 2 is 1.90 bits per heavy atom. The number of nitrogens with zero attached hydrogens (tertiary/aromatic N) is 6. The molecule has 29 heavy (non-hydrogen) atoms. The van der Waals surface area contributed by atoms with E-state index in [1.807, 2.05) is 23.8 Å². The van der Waals surface area contributed by atoms with Gasteiger partial charge in [0.15, 0.2) is 5.65 Å². The molecule has 0 atom stereocenters. The topological polar surface area (TPSA) is 73.5 Å². The Morgan fingerprint density at radius 3 is 2.66 bits per heavy atom. The van der Waals surface area contributed by atoms with E-state index in [2.05, 4.69) is 44.1 Å². The van der Waals surface area contributed by atoms with Gasteiger partial charge in [-0.05, 0) is 45.2 Å². The smallest absolute Gasteiger partial charge is 0.237 e. The predicted octanol–water partition coefficient (Wildman–Crippen LogP) is 3.38. The Morgan fingerprint density at radius 1 is 1.07 bits per heavy atom.